The summed E-state index contributed by atoms with van der Waals surface area (Å²) in [6.45, 7) is 4.70. The van der Waals surface area contributed by atoms with Gasteiger partial charge in [-0.25, -0.2) is 9.67 Å². The maximum atomic E-state index is 11.5. The van der Waals surface area contributed by atoms with Crippen LogP contribution in [0.4, 0.5) is 0 Å². The SMILES string of the molecule is CCCNC(CC)(CCCSc1ncnn1C)C(=O)O. The highest BCUT2D eigenvalue weighted by atomic mass is 32.2. The minimum absolute atomic E-state index is 0.594. The van der Waals surface area contributed by atoms with Gasteiger partial charge >= 0.3 is 5.97 Å². The molecular weight excluding hydrogens is 276 g/mol. The van der Waals surface area contributed by atoms with Crippen molar-refractivity contribution in [3.05, 3.63) is 6.33 Å². The molecule has 1 aromatic rings. The molecule has 7 heteroatoms. The van der Waals surface area contributed by atoms with Crippen LogP contribution in [0.3, 0.4) is 0 Å². The Kier molecular flexibility index (Phi) is 7.01. The van der Waals surface area contributed by atoms with Crippen molar-refractivity contribution in [3.8, 4) is 0 Å². The number of nitrogens with one attached hydrogen (secondary N) is 1. The van der Waals surface area contributed by atoms with Crippen LogP contribution < -0.4 is 5.32 Å². The third kappa shape index (κ3) is 4.49. The first-order valence-corrected chi connectivity index (χ1v) is 7.99. The molecule has 0 aliphatic carbocycles. The molecule has 2 N–H and O–H groups in total. The Morgan fingerprint density at radius 3 is 2.80 bits per heavy atom. The van der Waals surface area contributed by atoms with Crippen LogP contribution in [0, 0.1) is 0 Å². The molecule has 0 aliphatic heterocycles. The average molecular weight is 300 g/mol. The van der Waals surface area contributed by atoms with Crippen molar-refractivity contribution >= 4 is 17.7 Å². The van der Waals surface area contributed by atoms with E-state index in [4.69, 9.17) is 0 Å². The number of carboxylic acids is 1. The zero-order chi connectivity index (χ0) is 15.0. The molecule has 6 nitrogen and oxygen atoms in total. The third-order valence-electron chi connectivity index (χ3n) is 3.38. The number of thioether (sulfide) groups is 1. The number of hydrogen-bond donors (Lipinski definition) is 2. The first-order chi connectivity index (χ1) is 9.55. The number of aryl methyl sites for hydroxylation is 1. The van der Waals surface area contributed by atoms with Crippen LogP contribution in [-0.2, 0) is 11.8 Å². The van der Waals surface area contributed by atoms with E-state index < -0.39 is 11.5 Å². The molecule has 1 atom stereocenters. The van der Waals surface area contributed by atoms with Crippen molar-refractivity contribution in [2.45, 2.75) is 50.2 Å². The first-order valence-electron chi connectivity index (χ1n) is 7.01. The van der Waals surface area contributed by atoms with Crippen molar-refractivity contribution in [1.82, 2.24) is 20.1 Å². The molecule has 1 rings (SSSR count). The van der Waals surface area contributed by atoms with E-state index in [-0.39, 0.29) is 0 Å². The lowest BCUT2D eigenvalue weighted by atomic mass is 9.90. The molecule has 1 aromatic heterocycles. The Morgan fingerprint density at radius 2 is 2.30 bits per heavy atom. The largest absolute Gasteiger partial charge is 0.480 e. The molecule has 0 saturated carbocycles. The van der Waals surface area contributed by atoms with E-state index in [0.29, 0.717) is 12.8 Å². The van der Waals surface area contributed by atoms with E-state index in [9.17, 15) is 9.90 Å². The maximum absolute atomic E-state index is 11.5. The monoisotopic (exact) mass is 300 g/mol. The summed E-state index contributed by atoms with van der Waals surface area (Å²) in [6.07, 6.45) is 4.51. The van der Waals surface area contributed by atoms with E-state index >= 15 is 0 Å². The summed E-state index contributed by atoms with van der Waals surface area (Å²) >= 11 is 1.61. The van der Waals surface area contributed by atoms with Crippen molar-refractivity contribution in [1.29, 1.82) is 0 Å². The smallest absolute Gasteiger partial charge is 0.323 e. The molecule has 0 aliphatic rings. The Hall–Kier alpha value is -1.08. The van der Waals surface area contributed by atoms with Crippen LogP contribution in [0.1, 0.15) is 39.5 Å². The molecule has 0 saturated heterocycles. The van der Waals surface area contributed by atoms with E-state index in [1.807, 2.05) is 20.9 Å². The topological polar surface area (TPSA) is 80.0 Å². The lowest BCUT2D eigenvalue weighted by Crippen LogP contribution is -2.52. The number of rotatable bonds is 10. The molecule has 114 valence electrons. The van der Waals surface area contributed by atoms with E-state index in [0.717, 1.165) is 30.3 Å². The molecular formula is C13H24N4O2S. The fraction of sp³-hybridized carbons (Fsp3) is 0.769. The minimum Gasteiger partial charge on any atom is -0.480 e. The Bertz CT molecular complexity index is 424. The van der Waals surface area contributed by atoms with Gasteiger partial charge in [-0.3, -0.25) is 4.79 Å². The molecule has 0 radical (unpaired) electrons. The predicted molar refractivity (Wildman–Crippen MR) is 79.9 cm³/mol. The van der Waals surface area contributed by atoms with Crippen LogP contribution in [0.2, 0.25) is 0 Å². The molecule has 1 heterocycles. The lowest BCUT2D eigenvalue weighted by Gasteiger charge is -2.29. The second-order valence-corrected chi connectivity index (χ2v) is 5.85. The summed E-state index contributed by atoms with van der Waals surface area (Å²) in [4.78, 5) is 15.7. The highest BCUT2D eigenvalue weighted by Crippen LogP contribution is 2.22. The second-order valence-electron chi connectivity index (χ2n) is 4.79. The van der Waals surface area contributed by atoms with Gasteiger partial charge in [0.1, 0.15) is 11.9 Å². The number of aliphatic carboxylic acids is 1. The van der Waals surface area contributed by atoms with Gasteiger partial charge in [-0.1, -0.05) is 25.6 Å². The normalized spacial score (nSPS) is 14.2. The summed E-state index contributed by atoms with van der Waals surface area (Å²) in [5, 5.41) is 17.5. The molecule has 0 amide bonds. The first kappa shape index (κ1) is 17.0. The summed E-state index contributed by atoms with van der Waals surface area (Å²) in [7, 11) is 1.85. The Balaban J connectivity index is 2.46. The number of hydrogen-bond acceptors (Lipinski definition) is 5. The minimum atomic E-state index is -0.795. The van der Waals surface area contributed by atoms with Crippen LogP contribution in [-0.4, -0.2) is 43.7 Å². The van der Waals surface area contributed by atoms with Gasteiger partial charge < -0.3 is 10.4 Å². The molecule has 0 aromatic carbocycles. The van der Waals surface area contributed by atoms with E-state index in [1.54, 1.807) is 16.4 Å². The van der Waals surface area contributed by atoms with Gasteiger partial charge in [-0.2, -0.15) is 5.10 Å². The van der Waals surface area contributed by atoms with Crippen molar-refractivity contribution in [2.75, 3.05) is 12.3 Å². The van der Waals surface area contributed by atoms with Gasteiger partial charge in [0, 0.05) is 12.8 Å². The summed E-state index contributed by atoms with van der Waals surface area (Å²) in [5.74, 6) is 0.0899. The highest BCUT2D eigenvalue weighted by Gasteiger charge is 2.35. The molecule has 0 fully saturated rings. The van der Waals surface area contributed by atoms with Crippen molar-refractivity contribution in [2.24, 2.45) is 7.05 Å². The summed E-state index contributed by atoms with van der Waals surface area (Å²) in [6, 6.07) is 0. The van der Waals surface area contributed by atoms with Crippen LogP contribution in [0.25, 0.3) is 0 Å². The summed E-state index contributed by atoms with van der Waals surface area (Å²) < 4.78 is 1.73. The van der Waals surface area contributed by atoms with Gasteiger partial charge in [0.2, 0.25) is 0 Å². The van der Waals surface area contributed by atoms with Crippen LogP contribution >= 0.6 is 11.8 Å². The van der Waals surface area contributed by atoms with Crippen LogP contribution in [0.15, 0.2) is 11.5 Å². The fourth-order valence-electron chi connectivity index (χ4n) is 2.04. The summed E-state index contributed by atoms with van der Waals surface area (Å²) in [5.41, 5.74) is -0.795. The highest BCUT2D eigenvalue weighted by molar-refractivity contribution is 7.99. The average Bonchev–Trinajstić information content (AvgIpc) is 2.83. The second kappa shape index (κ2) is 8.26. The molecule has 0 spiro atoms. The number of nitrogens with zero attached hydrogens (tertiary/aromatic N) is 3. The van der Waals surface area contributed by atoms with E-state index in [2.05, 4.69) is 15.4 Å². The van der Waals surface area contributed by atoms with Crippen molar-refractivity contribution < 1.29 is 9.90 Å². The van der Waals surface area contributed by atoms with Crippen molar-refractivity contribution in [3.63, 3.8) is 0 Å². The Morgan fingerprint density at radius 1 is 1.55 bits per heavy atom. The quantitative estimate of drug-likeness (QED) is 0.507. The number of carbonyl (C=O) groups is 1. The standard InChI is InChI=1S/C13H24N4O2S/c1-4-8-15-13(5-2,11(18)19)7-6-9-20-12-14-10-16-17(12)3/h10,15H,4-9H2,1-3H3,(H,18,19). The Labute approximate surface area is 124 Å². The van der Waals surface area contributed by atoms with Gasteiger partial charge in [-0.15, -0.1) is 0 Å². The van der Waals surface area contributed by atoms with Gasteiger partial charge in [-0.05, 0) is 32.2 Å². The lowest BCUT2D eigenvalue weighted by molar-refractivity contribution is -0.145. The zero-order valence-corrected chi connectivity index (χ0v) is 13.2. The van der Waals surface area contributed by atoms with E-state index in [1.165, 1.54) is 6.33 Å². The maximum Gasteiger partial charge on any atom is 0.323 e. The van der Waals surface area contributed by atoms with Gasteiger partial charge in [0.05, 0.1) is 0 Å². The number of aromatic nitrogens is 3. The van der Waals surface area contributed by atoms with Gasteiger partial charge in [0.25, 0.3) is 0 Å². The molecule has 1 unspecified atom stereocenters. The number of carboxylic acid groups (broad SMARTS) is 1. The predicted octanol–water partition coefficient (Wildman–Crippen LogP) is 1.92. The zero-order valence-electron chi connectivity index (χ0n) is 12.4. The fourth-order valence-corrected chi connectivity index (χ4v) is 2.87. The van der Waals surface area contributed by atoms with Gasteiger partial charge in [0.15, 0.2) is 5.16 Å². The third-order valence-corrected chi connectivity index (χ3v) is 4.50. The molecule has 20 heavy (non-hydrogen) atoms. The molecule has 0 bridgehead atoms. The van der Waals surface area contributed by atoms with Crippen LogP contribution in [0.5, 0.6) is 0 Å².